The average Bonchev–Trinajstić information content (AvgIpc) is 2.27. The Kier molecular flexibility index (Phi) is 3.73. The number of amides is 1. The molecule has 0 bridgehead atoms. The molecule has 0 fully saturated rings. The van der Waals surface area contributed by atoms with E-state index >= 15 is 0 Å². The number of anilines is 1. The van der Waals surface area contributed by atoms with Gasteiger partial charge in [-0.1, -0.05) is 37.4 Å². The molecule has 1 amide bonds. The van der Waals surface area contributed by atoms with Crippen LogP contribution in [0.25, 0.3) is 6.08 Å². The van der Waals surface area contributed by atoms with E-state index in [1.165, 1.54) is 12.1 Å². The third kappa shape index (κ3) is 3.21. The van der Waals surface area contributed by atoms with Gasteiger partial charge in [0.2, 0.25) is 0 Å². The van der Waals surface area contributed by atoms with Crippen LogP contribution in [-0.2, 0) is 4.79 Å². The zero-order chi connectivity index (χ0) is 13.1. The van der Waals surface area contributed by atoms with Crippen molar-refractivity contribution in [1.82, 2.24) is 0 Å². The van der Waals surface area contributed by atoms with Crippen molar-refractivity contribution in [3.05, 3.63) is 48.6 Å². The summed E-state index contributed by atoms with van der Waals surface area (Å²) >= 11 is 0. The first-order valence-electron chi connectivity index (χ1n) is 4.65. The van der Waals surface area contributed by atoms with Crippen molar-refractivity contribution in [2.75, 3.05) is 5.32 Å². The van der Waals surface area contributed by atoms with Crippen LogP contribution in [0.3, 0.4) is 0 Å². The molecule has 0 heterocycles. The molecule has 0 aliphatic rings. The normalized spacial score (nSPS) is 10.8. The van der Waals surface area contributed by atoms with Gasteiger partial charge in [-0.15, -0.1) is 0 Å². The Bertz CT molecular complexity index is 463. The third-order valence-electron chi connectivity index (χ3n) is 2.05. The number of carbonyl (C=O) groups is 1. The van der Waals surface area contributed by atoms with Crippen molar-refractivity contribution in [2.24, 2.45) is 0 Å². The van der Waals surface area contributed by atoms with E-state index in [0.29, 0.717) is 5.56 Å². The van der Waals surface area contributed by atoms with Gasteiger partial charge < -0.3 is 5.32 Å². The number of hydrogen-bond donors (Lipinski definition) is 1. The van der Waals surface area contributed by atoms with Gasteiger partial charge in [0.15, 0.2) is 0 Å². The molecule has 90 valence electrons. The van der Waals surface area contributed by atoms with E-state index in [1.54, 1.807) is 18.2 Å². The summed E-state index contributed by atoms with van der Waals surface area (Å²) in [6.45, 7) is 6.21. The fourth-order valence-corrected chi connectivity index (χ4v) is 1.12. The summed E-state index contributed by atoms with van der Waals surface area (Å²) < 4.78 is 36.6. The Balaban J connectivity index is 2.89. The number of carbonyl (C=O) groups excluding carboxylic acids is 1. The van der Waals surface area contributed by atoms with Crippen LogP contribution >= 0.6 is 0 Å². The molecule has 17 heavy (non-hydrogen) atoms. The van der Waals surface area contributed by atoms with Crippen LogP contribution in [0.5, 0.6) is 0 Å². The molecule has 0 aliphatic carbocycles. The second-order valence-electron chi connectivity index (χ2n) is 3.22. The van der Waals surface area contributed by atoms with Gasteiger partial charge in [-0.2, -0.15) is 13.2 Å². The molecule has 0 radical (unpaired) electrons. The highest BCUT2D eigenvalue weighted by Gasteiger charge is 2.36. The van der Waals surface area contributed by atoms with Crippen LogP contribution in [0.4, 0.5) is 18.9 Å². The molecule has 1 aromatic rings. The highest BCUT2D eigenvalue weighted by atomic mass is 19.4. The van der Waals surface area contributed by atoms with E-state index in [9.17, 15) is 18.0 Å². The van der Waals surface area contributed by atoms with Gasteiger partial charge in [0.25, 0.3) is 5.91 Å². The van der Waals surface area contributed by atoms with Crippen molar-refractivity contribution in [3.63, 3.8) is 0 Å². The molecule has 0 atom stereocenters. The van der Waals surface area contributed by atoms with Gasteiger partial charge in [0.05, 0.1) is 0 Å². The van der Waals surface area contributed by atoms with E-state index in [2.05, 4.69) is 18.5 Å². The first-order chi connectivity index (χ1) is 7.86. The monoisotopic (exact) mass is 241 g/mol. The Morgan fingerprint density at radius 2 is 1.88 bits per heavy atom. The molecule has 0 saturated carbocycles. The SMILES string of the molecule is C=Cc1ccccc1NC(=O)C(=C)C(F)(F)F. The number of halogens is 3. The maximum Gasteiger partial charge on any atom is 0.421 e. The molecule has 1 rings (SSSR count). The van der Waals surface area contributed by atoms with E-state index < -0.39 is 17.7 Å². The number of para-hydroxylation sites is 1. The molecule has 0 aliphatic heterocycles. The largest absolute Gasteiger partial charge is 0.421 e. The van der Waals surface area contributed by atoms with Gasteiger partial charge in [-0.3, -0.25) is 4.79 Å². The molecule has 1 N–H and O–H groups in total. The van der Waals surface area contributed by atoms with Crippen molar-refractivity contribution in [2.45, 2.75) is 6.18 Å². The van der Waals surface area contributed by atoms with Gasteiger partial charge >= 0.3 is 6.18 Å². The summed E-state index contributed by atoms with van der Waals surface area (Å²) in [6.07, 6.45) is -3.29. The minimum absolute atomic E-state index is 0.262. The number of rotatable bonds is 3. The van der Waals surface area contributed by atoms with Crippen LogP contribution in [0.2, 0.25) is 0 Å². The zero-order valence-corrected chi connectivity index (χ0v) is 8.84. The quantitative estimate of drug-likeness (QED) is 0.807. The summed E-state index contributed by atoms with van der Waals surface area (Å²) in [5.41, 5.74) is -0.634. The van der Waals surface area contributed by atoms with Crippen LogP contribution in [0, 0.1) is 0 Å². The number of alkyl halides is 3. The molecular formula is C12H10F3NO. The van der Waals surface area contributed by atoms with E-state index in [-0.39, 0.29) is 5.69 Å². The number of hydrogen-bond acceptors (Lipinski definition) is 1. The maximum absolute atomic E-state index is 12.2. The van der Waals surface area contributed by atoms with Gasteiger partial charge in [0, 0.05) is 5.69 Å². The average molecular weight is 241 g/mol. The zero-order valence-electron chi connectivity index (χ0n) is 8.84. The lowest BCUT2D eigenvalue weighted by atomic mass is 10.1. The summed E-state index contributed by atoms with van der Waals surface area (Å²) in [7, 11) is 0. The number of nitrogens with one attached hydrogen (secondary N) is 1. The highest BCUT2D eigenvalue weighted by molar-refractivity contribution is 6.05. The van der Waals surface area contributed by atoms with Crippen molar-refractivity contribution in [3.8, 4) is 0 Å². The van der Waals surface area contributed by atoms with Crippen molar-refractivity contribution in [1.29, 1.82) is 0 Å². The molecule has 5 heteroatoms. The van der Waals surface area contributed by atoms with Crippen LogP contribution in [0.1, 0.15) is 5.56 Å². The Morgan fingerprint density at radius 3 is 2.41 bits per heavy atom. The molecule has 0 aromatic heterocycles. The Morgan fingerprint density at radius 1 is 1.29 bits per heavy atom. The summed E-state index contributed by atoms with van der Waals surface area (Å²) in [5.74, 6) is -1.27. The molecule has 0 saturated heterocycles. The summed E-state index contributed by atoms with van der Waals surface area (Å²) in [4.78, 5) is 11.3. The first-order valence-corrected chi connectivity index (χ1v) is 4.65. The lowest BCUT2D eigenvalue weighted by Crippen LogP contribution is -2.24. The van der Waals surface area contributed by atoms with Gasteiger partial charge in [0.1, 0.15) is 5.57 Å². The fraction of sp³-hybridized carbons (Fsp3) is 0.0833. The number of benzene rings is 1. The van der Waals surface area contributed by atoms with E-state index in [1.807, 2.05) is 0 Å². The third-order valence-corrected chi connectivity index (χ3v) is 2.05. The predicted octanol–water partition coefficient (Wildman–Crippen LogP) is 3.39. The Hall–Kier alpha value is -2.04. The predicted molar refractivity (Wildman–Crippen MR) is 60.4 cm³/mol. The lowest BCUT2D eigenvalue weighted by Gasteiger charge is -2.11. The Labute approximate surface area is 96.4 Å². The van der Waals surface area contributed by atoms with Crippen LogP contribution in [-0.4, -0.2) is 12.1 Å². The topological polar surface area (TPSA) is 29.1 Å². The van der Waals surface area contributed by atoms with Crippen molar-refractivity contribution >= 4 is 17.7 Å². The molecular weight excluding hydrogens is 231 g/mol. The molecule has 0 spiro atoms. The first kappa shape index (κ1) is 13.0. The highest BCUT2D eigenvalue weighted by Crippen LogP contribution is 2.26. The molecule has 0 unspecified atom stereocenters. The maximum atomic E-state index is 12.2. The van der Waals surface area contributed by atoms with Gasteiger partial charge in [-0.05, 0) is 11.6 Å². The minimum atomic E-state index is -4.73. The standard InChI is InChI=1S/C12H10F3NO/c1-3-9-6-4-5-7-10(9)16-11(17)8(2)12(13,14)15/h3-7H,1-2H2,(H,16,17). The smallest absolute Gasteiger partial charge is 0.321 e. The molecule has 1 aromatic carbocycles. The second kappa shape index (κ2) is 4.86. The summed E-state index contributed by atoms with van der Waals surface area (Å²) in [6, 6.07) is 6.39. The molecule has 2 nitrogen and oxygen atoms in total. The van der Waals surface area contributed by atoms with Crippen molar-refractivity contribution < 1.29 is 18.0 Å². The van der Waals surface area contributed by atoms with Crippen LogP contribution < -0.4 is 5.32 Å². The summed E-state index contributed by atoms with van der Waals surface area (Å²) in [5, 5.41) is 2.14. The van der Waals surface area contributed by atoms with Crippen LogP contribution in [0.15, 0.2) is 43.0 Å². The second-order valence-corrected chi connectivity index (χ2v) is 3.22. The van der Waals surface area contributed by atoms with E-state index in [0.717, 1.165) is 0 Å². The minimum Gasteiger partial charge on any atom is -0.321 e. The fourth-order valence-electron chi connectivity index (χ4n) is 1.12. The lowest BCUT2D eigenvalue weighted by molar-refractivity contribution is -0.126. The van der Waals surface area contributed by atoms with Gasteiger partial charge in [-0.25, -0.2) is 0 Å². The van der Waals surface area contributed by atoms with E-state index in [4.69, 9.17) is 0 Å².